The van der Waals surface area contributed by atoms with Crippen molar-refractivity contribution in [3.05, 3.63) is 35.4 Å². The van der Waals surface area contributed by atoms with Crippen LogP contribution >= 0.6 is 0 Å². The number of carbonyl (C=O) groups is 2. The topological polar surface area (TPSA) is 52.6 Å². The normalized spacial score (nSPS) is 12.9. The van der Waals surface area contributed by atoms with Crippen molar-refractivity contribution < 1.29 is 19.1 Å². The smallest absolute Gasteiger partial charge is 0.347 e. The summed E-state index contributed by atoms with van der Waals surface area (Å²) in [5.74, 6) is 0.825. The van der Waals surface area contributed by atoms with Gasteiger partial charge in [0.05, 0.1) is 12.5 Å². The lowest BCUT2D eigenvalue weighted by molar-refractivity contribution is -0.167. The van der Waals surface area contributed by atoms with Crippen LogP contribution in [0.15, 0.2) is 24.3 Å². The molecule has 0 saturated heterocycles. The molecule has 2 unspecified atom stereocenters. The van der Waals surface area contributed by atoms with Gasteiger partial charge in [-0.15, -0.1) is 12.3 Å². The first-order chi connectivity index (χ1) is 9.99. The van der Waals surface area contributed by atoms with E-state index in [9.17, 15) is 9.59 Å². The molecule has 21 heavy (non-hydrogen) atoms. The maximum atomic E-state index is 12.2. The first-order valence-electron chi connectivity index (χ1n) is 6.86. The fourth-order valence-corrected chi connectivity index (χ4v) is 1.91. The fourth-order valence-electron chi connectivity index (χ4n) is 1.91. The summed E-state index contributed by atoms with van der Waals surface area (Å²) in [4.78, 5) is 23.7. The molecule has 0 amide bonds. The first-order valence-corrected chi connectivity index (χ1v) is 6.86. The van der Waals surface area contributed by atoms with E-state index in [-0.39, 0.29) is 13.0 Å². The number of esters is 2. The molecule has 2 atom stereocenters. The molecule has 0 aromatic heterocycles. The molecule has 0 aliphatic heterocycles. The molecular weight excluding hydrogens is 268 g/mol. The fraction of sp³-hybridized carbons (Fsp3) is 0.412. The third-order valence-corrected chi connectivity index (χ3v) is 2.96. The molecule has 1 aromatic carbocycles. The molecule has 4 nitrogen and oxygen atoms in total. The molecule has 112 valence electrons. The van der Waals surface area contributed by atoms with E-state index in [0.29, 0.717) is 0 Å². The Hall–Kier alpha value is -2.28. The van der Waals surface area contributed by atoms with Crippen LogP contribution in [-0.2, 0) is 19.1 Å². The number of rotatable bonds is 6. The van der Waals surface area contributed by atoms with Crippen LogP contribution in [0, 0.1) is 19.3 Å². The summed E-state index contributed by atoms with van der Waals surface area (Å²) in [7, 11) is 0. The van der Waals surface area contributed by atoms with Gasteiger partial charge in [-0.2, -0.15) is 0 Å². The first kappa shape index (κ1) is 16.8. The Morgan fingerprint density at radius 3 is 2.62 bits per heavy atom. The van der Waals surface area contributed by atoms with E-state index < -0.39 is 24.0 Å². The van der Waals surface area contributed by atoms with Gasteiger partial charge >= 0.3 is 11.9 Å². The van der Waals surface area contributed by atoms with Crippen LogP contribution in [0.4, 0.5) is 0 Å². The Bertz CT molecular complexity index is 542. The lowest BCUT2D eigenvalue weighted by Crippen LogP contribution is -2.29. The van der Waals surface area contributed by atoms with Gasteiger partial charge in [0.25, 0.3) is 0 Å². The second-order valence-corrected chi connectivity index (χ2v) is 4.71. The zero-order valence-corrected chi connectivity index (χ0v) is 12.6. The van der Waals surface area contributed by atoms with E-state index in [1.807, 2.05) is 31.2 Å². The van der Waals surface area contributed by atoms with Crippen LogP contribution in [0.5, 0.6) is 0 Å². The van der Waals surface area contributed by atoms with Crippen molar-refractivity contribution in [3.63, 3.8) is 0 Å². The Balaban J connectivity index is 2.84. The molecule has 0 spiro atoms. The molecule has 0 fully saturated rings. The lowest BCUT2D eigenvalue weighted by Gasteiger charge is -2.18. The van der Waals surface area contributed by atoms with Crippen LogP contribution in [0.2, 0.25) is 0 Å². The summed E-state index contributed by atoms with van der Waals surface area (Å²) < 4.78 is 9.98. The molecule has 4 heteroatoms. The van der Waals surface area contributed by atoms with Gasteiger partial charge in [-0.1, -0.05) is 29.8 Å². The molecule has 1 rings (SSSR count). The molecule has 0 aliphatic carbocycles. The molecule has 1 aromatic rings. The van der Waals surface area contributed by atoms with Crippen molar-refractivity contribution >= 4 is 11.9 Å². The number of benzene rings is 1. The minimum Gasteiger partial charge on any atom is -0.463 e. The highest BCUT2D eigenvalue weighted by Crippen LogP contribution is 2.22. The van der Waals surface area contributed by atoms with Gasteiger partial charge in [0.2, 0.25) is 0 Å². The van der Waals surface area contributed by atoms with Gasteiger partial charge in [-0.25, -0.2) is 4.79 Å². The second kappa shape index (κ2) is 8.11. The van der Waals surface area contributed by atoms with Gasteiger partial charge in [-0.3, -0.25) is 4.79 Å². The van der Waals surface area contributed by atoms with Crippen molar-refractivity contribution in [1.82, 2.24) is 0 Å². The predicted molar refractivity (Wildman–Crippen MR) is 79.6 cm³/mol. The lowest BCUT2D eigenvalue weighted by atomic mass is 9.95. The number of ether oxygens (including phenoxy) is 2. The third kappa shape index (κ3) is 4.96. The van der Waals surface area contributed by atoms with Gasteiger partial charge in [0.15, 0.2) is 6.10 Å². The second-order valence-electron chi connectivity index (χ2n) is 4.71. The van der Waals surface area contributed by atoms with Crippen LogP contribution in [-0.4, -0.2) is 24.6 Å². The molecule has 0 aliphatic rings. The molecule has 0 saturated carbocycles. The van der Waals surface area contributed by atoms with Crippen molar-refractivity contribution in [2.75, 3.05) is 6.61 Å². The Morgan fingerprint density at radius 1 is 1.33 bits per heavy atom. The molecule has 0 radical (unpaired) electrons. The average Bonchev–Trinajstić information content (AvgIpc) is 2.44. The van der Waals surface area contributed by atoms with Crippen LogP contribution in [0.3, 0.4) is 0 Å². The van der Waals surface area contributed by atoms with Crippen LogP contribution in [0.25, 0.3) is 0 Å². The monoisotopic (exact) mass is 288 g/mol. The van der Waals surface area contributed by atoms with Crippen molar-refractivity contribution in [2.24, 2.45) is 0 Å². The van der Waals surface area contributed by atoms with Gasteiger partial charge in [-0.05, 0) is 26.3 Å². The van der Waals surface area contributed by atoms with E-state index in [0.717, 1.165) is 11.1 Å². The molecule has 0 bridgehead atoms. The SMILES string of the molecule is C#CCC(C(=O)OC(C)C(=O)OCC)c1cccc(C)c1. The highest BCUT2D eigenvalue weighted by Gasteiger charge is 2.26. The third-order valence-electron chi connectivity index (χ3n) is 2.96. The maximum absolute atomic E-state index is 12.2. The van der Waals surface area contributed by atoms with E-state index in [2.05, 4.69) is 5.92 Å². The summed E-state index contributed by atoms with van der Waals surface area (Å²) in [5.41, 5.74) is 1.81. The van der Waals surface area contributed by atoms with Crippen LogP contribution < -0.4 is 0 Å². The summed E-state index contributed by atoms with van der Waals surface area (Å²) >= 11 is 0. The van der Waals surface area contributed by atoms with E-state index in [4.69, 9.17) is 15.9 Å². The number of hydrogen-bond acceptors (Lipinski definition) is 4. The van der Waals surface area contributed by atoms with Gasteiger partial charge in [0, 0.05) is 6.42 Å². The van der Waals surface area contributed by atoms with Crippen molar-refractivity contribution in [1.29, 1.82) is 0 Å². The summed E-state index contributed by atoms with van der Waals surface area (Å²) in [6.45, 7) is 5.36. The number of carbonyl (C=O) groups excluding carboxylic acids is 2. The highest BCUT2D eigenvalue weighted by molar-refractivity contribution is 5.83. The number of terminal acetylenes is 1. The number of hydrogen-bond donors (Lipinski definition) is 0. The average molecular weight is 288 g/mol. The summed E-state index contributed by atoms with van der Waals surface area (Å²) in [6.07, 6.45) is 4.61. The number of aryl methyl sites for hydroxylation is 1. The minimum atomic E-state index is -0.942. The highest BCUT2D eigenvalue weighted by atomic mass is 16.6. The zero-order valence-electron chi connectivity index (χ0n) is 12.6. The minimum absolute atomic E-state index is 0.220. The summed E-state index contributed by atoms with van der Waals surface area (Å²) in [6, 6.07) is 7.50. The Morgan fingerprint density at radius 2 is 2.05 bits per heavy atom. The van der Waals surface area contributed by atoms with Crippen molar-refractivity contribution in [3.8, 4) is 12.3 Å². The van der Waals surface area contributed by atoms with E-state index in [1.54, 1.807) is 6.92 Å². The van der Waals surface area contributed by atoms with Crippen molar-refractivity contribution in [2.45, 2.75) is 39.2 Å². The van der Waals surface area contributed by atoms with E-state index >= 15 is 0 Å². The van der Waals surface area contributed by atoms with Crippen LogP contribution in [0.1, 0.15) is 37.3 Å². The molecule has 0 heterocycles. The zero-order chi connectivity index (χ0) is 15.8. The largest absolute Gasteiger partial charge is 0.463 e. The Kier molecular flexibility index (Phi) is 6.48. The van der Waals surface area contributed by atoms with E-state index in [1.165, 1.54) is 6.92 Å². The summed E-state index contributed by atoms with van der Waals surface area (Å²) in [5, 5.41) is 0. The predicted octanol–water partition coefficient (Wildman–Crippen LogP) is 2.60. The standard InChI is InChI=1S/C17H20O4/c1-5-8-15(14-10-7-9-12(3)11-14)17(19)21-13(4)16(18)20-6-2/h1,7,9-11,13,15H,6,8H2,2-4H3. The molecular formula is C17H20O4. The Labute approximate surface area is 125 Å². The molecule has 0 N–H and O–H groups in total. The van der Waals surface area contributed by atoms with Gasteiger partial charge in [0.1, 0.15) is 0 Å². The van der Waals surface area contributed by atoms with Gasteiger partial charge < -0.3 is 9.47 Å². The maximum Gasteiger partial charge on any atom is 0.347 e. The quantitative estimate of drug-likeness (QED) is 0.596.